The number of likely N-dealkylation sites (N-methyl/N-ethyl adjacent to an activating group) is 1. The Labute approximate surface area is 226 Å². The molecule has 0 spiro atoms. The van der Waals surface area contributed by atoms with Crippen LogP contribution in [0, 0.1) is 11.3 Å². The maximum absolute atomic E-state index is 13.3. The maximum atomic E-state index is 13.3. The predicted octanol–water partition coefficient (Wildman–Crippen LogP) is 2.01. The molecule has 0 unspecified atom stereocenters. The molecule has 0 radical (unpaired) electrons. The van der Waals surface area contributed by atoms with E-state index in [0.717, 1.165) is 31.4 Å². The zero-order chi connectivity index (χ0) is 27.5. The highest BCUT2D eigenvalue weighted by molar-refractivity contribution is 6.02. The van der Waals surface area contributed by atoms with Crippen molar-refractivity contribution in [2.45, 2.75) is 44.4 Å². The van der Waals surface area contributed by atoms with E-state index < -0.39 is 6.03 Å². The number of urea groups is 1. The largest absolute Gasteiger partial charge is 0.381 e. The number of aldehydes is 1. The summed E-state index contributed by atoms with van der Waals surface area (Å²) in [7, 11) is 3.59. The first-order chi connectivity index (χ1) is 18.9. The number of nitrogens with one attached hydrogen (secondary N) is 2. The van der Waals surface area contributed by atoms with Crippen molar-refractivity contribution in [2.75, 3.05) is 55.9 Å². The molecule has 1 aliphatic carbocycles. The van der Waals surface area contributed by atoms with Crippen LogP contribution in [0.1, 0.15) is 46.4 Å². The van der Waals surface area contributed by atoms with Crippen molar-refractivity contribution < 1.29 is 19.1 Å². The van der Waals surface area contributed by atoms with E-state index in [1.165, 1.54) is 11.1 Å². The second-order valence-electron chi connectivity index (χ2n) is 10.3. The molecule has 204 valence electrons. The van der Waals surface area contributed by atoms with Crippen molar-refractivity contribution in [3.8, 4) is 6.07 Å². The zero-order valence-electron chi connectivity index (χ0n) is 22.1. The fraction of sp³-hybridized carbons (Fsp3) is 0.481. The fourth-order valence-electron chi connectivity index (χ4n) is 5.19. The number of rotatable bonds is 7. The van der Waals surface area contributed by atoms with Gasteiger partial charge in [0, 0.05) is 57.2 Å². The van der Waals surface area contributed by atoms with E-state index in [2.05, 4.69) is 26.7 Å². The van der Waals surface area contributed by atoms with E-state index >= 15 is 0 Å². The van der Waals surface area contributed by atoms with Gasteiger partial charge in [0.25, 0.3) is 0 Å². The summed E-state index contributed by atoms with van der Waals surface area (Å²) < 4.78 is 5.33. The predicted molar refractivity (Wildman–Crippen MR) is 144 cm³/mol. The van der Waals surface area contributed by atoms with E-state index in [1.54, 1.807) is 18.1 Å². The molecule has 5 rings (SSSR count). The van der Waals surface area contributed by atoms with Crippen molar-refractivity contribution in [1.82, 2.24) is 19.8 Å². The summed E-state index contributed by atoms with van der Waals surface area (Å²) in [6.07, 6.45) is 5.43. The summed E-state index contributed by atoms with van der Waals surface area (Å²) in [6.45, 7) is 2.44. The average molecular weight is 533 g/mol. The monoisotopic (exact) mass is 532 g/mol. The maximum Gasteiger partial charge on any atom is 0.328 e. The number of fused-ring (bicyclic) bond motifs is 1. The van der Waals surface area contributed by atoms with Gasteiger partial charge in [0.15, 0.2) is 6.29 Å². The number of anilines is 3. The van der Waals surface area contributed by atoms with Gasteiger partial charge in [-0.25, -0.2) is 14.8 Å². The number of aryl methyl sites for hydroxylation is 1. The van der Waals surface area contributed by atoms with Crippen molar-refractivity contribution in [3.63, 3.8) is 0 Å². The number of hydrogen-bond acceptors (Lipinski definition) is 9. The summed E-state index contributed by atoms with van der Waals surface area (Å²) in [5.41, 5.74) is 2.75. The lowest BCUT2D eigenvalue weighted by Gasteiger charge is -2.35. The number of nitrogens with zero attached hydrogens (tertiary/aromatic N) is 6. The van der Waals surface area contributed by atoms with Crippen LogP contribution in [0.15, 0.2) is 18.3 Å². The Bertz CT molecular complexity index is 1320. The fourth-order valence-corrected chi connectivity index (χ4v) is 5.19. The quantitative estimate of drug-likeness (QED) is 0.512. The van der Waals surface area contributed by atoms with E-state index in [-0.39, 0.29) is 23.7 Å². The number of methoxy groups -OCH3 is 1. The summed E-state index contributed by atoms with van der Waals surface area (Å²) in [5, 5.41) is 15.7. The molecule has 0 atom stereocenters. The van der Waals surface area contributed by atoms with Crippen molar-refractivity contribution >= 4 is 35.5 Å². The lowest BCUT2D eigenvalue weighted by molar-refractivity contribution is -0.136. The Morgan fingerprint density at radius 2 is 2.10 bits per heavy atom. The highest BCUT2D eigenvalue weighted by Gasteiger charge is 2.30. The molecule has 0 bridgehead atoms. The molecule has 12 heteroatoms. The third kappa shape index (κ3) is 5.69. The number of ether oxygens (including phenoxy) is 1. The zero-order valence-corrected chi connectivity index (χ0v) is 22.1. The van der Waals surface area contributed by atoms with E-state index in [0.29, 0.717) is 67.3 Å². The summed E-state index contributed by atoms with van der Waals surface area (Å²) in [6, 6.07) is 5.44. The molecule has 12 nitrogen and oxygen atoms in total. The van der Waals surface area contributed by atoms with Gasteiger partial charge in [-0.1, -0.05) is 0 Å². The number of carbonyl (C=O) groups excluding carboxylic acids is 3. The van der Waals surface area contributed by atoms with Gasteiger partial charge in [0.2, 0.25) is 5.91 Å². The van der Waals surface area contributed by atoms with Gasteiger partial charge >= 0.3 is 6.03 Å². The van der Waals surface area contributed by atoms with Crippen LogP contribution in [0.3, 0.4) is 0 Å². The van der Waals surface area contributed by atoms with Gasteiger partial charge in [-0.05, 0) is 44.4 Å². The molecule has 2 fully saturated rings. The minimum absolute atomic E-state index is 0.0129. The van der Waals surface area contributed by atoms with Crippen LogP contribution in [-0.4, -0.2) is 90.5 Å². The molecule has 2 aromatic rings. The lowest BCUT2D eigenvalue weighted by atomic mass is 9.89. The highest BCUT2D eigenvalue weighted by Crippen LogP contribution is 2.30. The van der Waals surface area contributed by atoms with Crippen molar-refractivity contribution in [2.24, 2.45) is 0 Å². The molecule has 4 heterocycles. The number of piperazine rings is 1. The van der Waals surface area contributed by atoms with Crippen LogP contribution >= 0.6 is 0 Å². The molecule has 1 saturated heterocycles. The van der Waals surface area contributed by atoms with Crippen LogP contribution in [0.5, 0.6) is 0 Å². The van der Waals surface area contributed by atoms with E-state index in [1.807, 2.05) is 18.0 Å². The van der Waals surface area contributed by atoms with Gasteiger partial charge in [-0.15, -0.1) is 0 Å². The molecule has 0 aromatic carbocycles. The molecule has 2 aromatic heterocycles. The SMILES string of the molecule is COC1CC(Nc2cc(NC(=O)N3CCCc4cc(CN5CCN(C)CC5=O)c(C=O)nc43)ncc2C#N)C1. The summed E-state index contributed by atoms with van der Waals surface area (Å²) in [5.74, 6) is 0.748. The van der Waals surface area contributed by atoms with E-state index in [9.17, 15) is 19.6 Å². The molecule has 1 saturated carbocycles. The minimum Gasteiger partial charge on any atom is -0.381 e. The average Bonchev–Trinajstić information content (AvgIpc) is 2.91. The first-order valence-electron chi connectivity index (χ1n) is 13.1. The number of carbonyl (C=O) groups is 3. The molecule has 39 heavy (non-hydrogen) atoms. The summed E-state index contributed by atoms with van der Waals surface area (Å²) in [4.78, 5) is 51.8. The third-order valence-corrected chi connectivity index (χ3v) is 7.55. The molecule has 2 aliphatic heterocycles. The summed E-state index contributed by atoms with van der Waals surface area (Å²) >= 11 is 0. The number of pyridine rings is 2. The Morgan fingerprint density at radius 3 is 2.82 bits per heavy atom. The minimum atomic E-state index is -0.423. The second-order valence-corrected chi connectivity index (χ2v) is 10.3. The van der Waals surface area contributed by atoms with Gasteiger partial charge < -0.3 is 15.0 Å². The Kier molecular flexibility index (Phi) is 7.72. The standard InChI is InChI=1S/C27H32N8O4/c1-33-6-7-34(25(37)15-33)14-18-8-17-4-3-5-35(26(17)31-23(18)16-36)27(38)32-24-11-22(19(12-28)13-29-24)30-20-9-21(10-20)39-2/h8,11,13,16,20-21H,3-7,9-10,14-15H2,1-2H3,(H2,29,30,32,38). The molecule has 3 aliphatic rings. The molecule has 2 N–H and O–H groups in total. The topological polar surface area (TPSA) is 144 Å². The Morgan fingerprint density at radius 1 is 1.28 bits per heavy atom. The number of nitriles is 1. The van der Waals surface area contributed by atoms with Gasteiger partial charge in [0.1, 0.15) is 23.4 Å². The van der Waals surface area contributed by atoms with Crippen molar-refractivity contribution in [1.29, 1.82) is 5.26 Å². The highest BCUT2D eigenvalue weighted by atomic mass is 16.5. The Balaban J connectivity index is 1.32. The van der Waals surface area contributed by atoms with Crippen LogP contribution in [-0.2, 0) is 22.5 Å². The first-order valence-corrected chi connectivity index (χ1v) is 13.1. The smallest absolute Gasteiger partial charge is 0.328 e. The third-order valence-electron chi connectivity index (χ3n) is 7.55. The number of hydrogen-bond donors (Lipinski definition) is 2. The number of aromatic nitrogens is 2. The van der Waals surface area contributed by atoms with E-state index in [4.69, 9.17) is 4.74 Å². The first kappa shape index (κ1) is 26.5. The van der Waals surface area contributed by atoms with Gasteiger partial charge in [-0.3, -0.25) is 24.7 Å². The molecule has 3 amide bonds. The van der Waals surface area contributed by atoms with Crippen LogP contribution in [0.2, 0.25) is 0 Å². The van der Waals surface area contributed by atoms with Crippen LogP contribution in [0.25, 0.3) is 0 Å². The van der Waals surface area contributed by atoms with Gasteiger partial charge in [-0.2, -0.15) is 5.26 Å². The number of amides is 3. The molecular weight excluding hydrogens is 500 g/mol. The van der Waals surface area contributed by atoms with Crippen LogP contribution < -0.4 is 15.5 Å². The lowest BCUT2D eigenvalue weighted by Crippen LogP contribution is -2.48. The van der Waals surface area contributed by atoms with Crippen LogP contribution in [0.4, 0.5) is 22.1 Å². The Hall–Kier alpha value is -4.08. The van der Waals surface area contributed by atoms with Gasteiger partial charge in [0.05, 0.1) is 23.9 Å². The van der Waals surface area contributed by atoms with Crippen molar-refractivity contribution in [3.05, 3.63) is 40.7 Å². The normalized spacial score (nSPS) is 21.0. The molecular formula is C27H32N8O4. The second kappa shape index (κ2) is 11.3.